The second kappa shape index (κ2) is 11.8. The molecule has 0 unspecified atom stereocenters. The summed E-state index contributed by atoms with van der Waals surface area (Å²) in [6.07, 6.45) is -4.35. The molecule has 0 aromatic heterocycles. The molecule has 10 nitrogen and oxygen atoms in total. The first kappa shape index (κ1) is 24.6. The Bertz CT molecular complexity index is 1200. The number of carbonyl (C=O) groups is 5. The van der Waals surface area contributed by atoms with Gasteiger partial charge < -0.3 is 14.6 Å². The van der Waals surface area contributed by atoms with Crippen molar-refractivity contribution >= 4 is 29.7 Å². The predicted molar refractivity (Wildman–Crippen MR) is 121 cm³/mol. The minimum absolute atomic E-state index is 0.0182. The van der Waals surface area contributed by atoms with Crippen LogP contribution in [0, 0.1) is 0 Å². The Balaban J connectivity index is 1.82. The largest absolute Gasteiger partial charge is 0.478 e. The lowest BCUT2D eigenvalue weighted by molar-refractivity contribution is -0.159. The van der Waals surface area contributed by atoms with Gasteiger partial charge in [-0.2, -0.15) is 0 Å². The summed E-state index contributed by atoms with van der Waals surface area (Å²) in [6.45, 7) is 0. The van der Waals surface area contributed by atoms with Crippen molar-refractivity contribution in [2.75, 3.05) is 0 Å². The number of benzene rings is 3. The minimum Gasteiger partial charge on any atom is -0.478 e. The first-order valence-electron chi connectivity index (χ1n) is 10.3. The van der Waals surface area contributed by atoms with Crippen LogP contribution in [0.4, 0.5) is 0 Å². The van der Waals surface area contributed by atoms with E-state index in [0.29, 0.717) is 0 Å². The molecule has 0 fully saturated rings. The highest BCUT2D eigenvalue weighted by Crippen LogP contribution is 2.13. The number of carbonyl (C=O) groups excluding carboxylic acids is 4. The van der Waals surface area contributed by atoms with E-state index in [0.717, 1.165) is 0 Å². The van der Waals surface area contributed by atoms with Crippen molar-refractivity contribution in [2.24, 2.45) is 0 Å². The van der Waals surface area contributed by atoms with E-state index in [-0.39, 0.29) is 16.7 Å². The molecule has 2 amide bonds. The van der Waals surface area contributed by atoms with Crippen molar-refractivity contribution in [3.63, 3.8) is 0 Å². The first-order valence-corrected chi connectivity index (χ1v) is 10.3. The van der Waals surface area contributed by atoms with Crippen molar-refractivity contribution in [1.82, 2.24) is 10.9 Å². The van der Waals surface area contributed by atoms with Crippen LogP contribution in [0.2, 0.25) is 0 Å². The molecule has 0 saturated carbocycles. The lowest BCUT2D eigenvalue weighted by Crippen LogP contribution is -2.54. The number of carboxylic acid groups (broad SMARTS) is 1. The van der Waals surface area contributed by atoms with Crippen molar-refractivity contribution < 1.29 is 38.6 Å². The molecule has 0 aliphatic heterocycles. The van der Waals surface area contributed by atoms with Crippen molar-refractivity contribution in [3.8, 4) is 0 Å². The van der Waals surface area contributed by atoms with Gasteiger partial charge in [-0.15, -0.1) is 0 Å². The standard InChI is InChI=1S/C25H20N2O8/c28-21(16-10-4-1-5-11-16)26-27-22(29)19(34-24(32)17-12-6-2-7-13-17)20(23(30)31)35-25(33)18-14-8-3-9-15-18/h1-15,19-20H,(H,26,28)(H,27,29)(H,30,31)/t19-,20-/m0/s1. The van der Waals surface area contributed by atoms with E-state index in [4.69, 9.17) is 9.47 Å². The summed E-state index contributed by atoms with van der Waals surface area (Å²) >= 11 is 0. The number of rotatable bonds is 8. The second-order valence-corrected chi connectivity index (χ2v) is 7.03. The van der Waals surface area contributed by atoms with E-state index >= 15 is 0 Å². The highest BCUT2D eigenvalue weighted by Gasteiger charge is 2.41. The quantitative estimate of drug-likeness (QED) is 0.330. The zero-order valence-corrected chi connectivity index (χ0v) is 18.1. The fourth-order valence-corrected chi connectivity index (χ4v) is 2.86. The number of hydrogen-bond donors (Lipinski definition) is 3. The molecule has 0 aliphatic carbocycles. The smallest absolute Gasteiger partial charge is 0.349 e. The molecular weight excluding hydrogens is 456 g/mol. The SMILES string of the molecule is O=C(NNC(=O)[C@@H](OC(=O)c1ccccc1)[C@H](OC(=O)c1ccccc1)C(=O)O)c1ccccc1. The zero-order valence-electron chi connectivity index (χ0n) is 18.1. The van der Waals surface area contributed by atoms with E-state index in [1.54, 1.807) is 30.3 Å². The Morgan fingerprint density at radius 1 is 0.571 bits per heavy atom. The Morgan fingerprint density at radius 2 is 0.971 bits per heavy atom. The molecular formula is C25H20N2O8. The first-order chi connectivity index (χ1) is 16.9. The second-order valence-electron chi connectivity index (χ2n) is 7.03. The number of esters is 2. The van der Waals surface area contributed by atoms with E-state index in [1.165, 1.54) is 60.7 Å². The summed E-state index contributed by atoms with van der Waals surface area (Å²) in [5.41, 5.74) is 4.37. The average molecular weight is 476 g/mol. The molecule has 0 saturated heterocycles. The number of nitrogens with one attached hydrogen (secondary N) is 2. The van der Waals surface area contributed by atoms with Gasteiger partial charge in [0.1, 0.15) is 0 Å². The van der Waals surface area contributed by atoms with Crippen LogP contribution in [0.1, 0.15) is 31.1 Å². The van der Waals surface area contributed by atoms with Crippen molar-refractivity contribution in [1.29, 1.82) is 0 Å². The molecule has 35 heavy (non-hydrogen) atoms. The molecule has 3 aromatic rings. The summed E-state index contributed by atoms with van der Waals surface area (Å²) in [7, 11) is 0. The fourth-order valence-electron chi connectivity index (χ4n) is 2.86. The Kier molecular flexibility index (Phi) is 8.28. The minimum atomic E-state index is -2.22. The van der Waals surface area contributed by atoms with Gasteiger partial charge in [0.2, 0.25) is 12.2 Å². The molecule has 0 bridgehead atoms. The summed E-state index contributed by atoms with van der Waals surface area (Å²) in [4.78, 5) is 62.1. The Labute approximate surface area is 199 Å². The van der Waals surface area contributed by atoms with Gasteiger partial charge in [-0.25, -0.2) is 14.4 Å². The third kappa shape index (κ3) is 6.75. The van der Waals surface area contributed by atoms with Crippen LogP contribution in [-0.4, -0.2) is 47.0 Å². The maximum atomic E-state index is 12.9. The maximum absolute atomic E-state index is 12.9. The normalized spacial score (nSPS) is 11.9. The molecule has 3 N–H and O–H groups in total. The highest BCUT2D eigenvalue weighted by molar-refractivity contribution is 5.99. The lowest BCUT2D eigenvalue weighted by atomic mass is 10.1. The highest BCUT2D eigenvalue weighted by atomic mass is 16.6. The molecule has 3 aromatic carbocycles. The molecule has 10 heteroatoms. The summed E-state index contributed by atoms with van der Waals surface area (Å²) < 4.78 is 10.2. The summed E-state index contributed by atoms with van der Waals surface area (Å²) in [5, 5.41) is 9.69. The van der Waals surface area contributed by atoms with Gasteiger partial charge in [0.15, 0.2) is 0 Å². The number of ether oxygens (including phenoxy) is 2. The zero-order chi connectivity index (χ0) is 25.2. The van der Waals surface area contributed by atoms with Crippen molar-refractivity contribution in [2.45, 2.75) is 12.2 Å². The van der Waals surface area contributed by atoms with Crippen LogP contribution in [0.15, 0.2) is 91.0 Å². The fraction of sp³-hybridized carbons (Fsp3) is 0.0800. The van der Waals surface area contributed by atoms with Gasteiger partial charge in [0.05, 0.1) is 11.1 Å². The van der Waals surface area contributed by atoms with Crippen LogP contribution in [-0.2, 0) is 19.1 Å². The van der Waals surface area contributed by atoms with Gasteiger partial charge in [-0.05, 0) is 36.4 Å². The maximum Gasteiger partial charge on any atom is 0.349 e. The summed E-state index contributed by atoms with van der Waals surface area (Å²) in [6, 6.07) is 22.8. The van der Waals surface area contributed by atoms with Gasteiger partial charge >= 0.3 is 17.9 Å². The van der Waals surface area contributed by atoms with E-state index in [9.17, 15) is 29.1 Å². The molecule has 2 atom stereocenters. The van der Waals surface area contributed by atoms with Crippen LogP contribution >= 0.6 is 0 Å². The summed E-state index contributed by atoms with van der Waals surface area (Å²) in [5.74, 6) is -5.78. The molecule has 0 radical (unpaired) electrons. The number of aliphatic carboxylic acids is 1. The van der Waals surface area contributed by atoms with E-state index in [2.05, 4.69) is 5.43 Å². The lowest BCUT2D eigenvalue weighted by Gasteiger charge is -2.23. The number of amides is 2. The van der Waals surface area contributed by atoms with Gasteiger partial charge in [0.25, 0.3) is 11.8 Å². The topological polar surface area (TPSA) is 148 Å². The van der Waals surface area contributed by atoms with Crippen molar-refractivity contribution in [3.05, 3.63) is 108 Å². The van der Waals surface area contributed by atoms with Crippen LogP contribution in [0.3, 0.4) is 0 Å². The van der Waals surface area contributed by atoms with Crippen LogP contribution in [0.5, 0.6) is 0 Å². The van der Waals surface area contributed by atoms with Gasteiger partial charge in [-0.3, -0.25) is 20.4 Å². The van der Waals surface area contributed by atoms with Gasteiger partial charge in [-0.1, -0.05) is 54.6 Å². The third-order valence-electron chi connectivity index (χ3n) is 4.60. The third-order valence-corrected chi connectivity index (χ3v) is 4.60. The molecule has 0 heterocycles. The van der Waals surface area contributed by atoms with E-state index < -0.39 is 41.9 Å². The Morgan fingerprint density at radius 3 is 1.40 bits per heavy atom. The van der Waals surface area contributed by atoms with Crippen LogP contribution < -0.4 is 10.9 Å². The van der Waals surface area contributed by atoms with Gasteiger partial charge in [0, 0.05) is 5.56 Å². The number of hydrazine groups is 1. The molecule has 0 spiro atoms. The molecule has 3 rings (SSSR count). The van der Waals surface area contributed by atoms with E-state index in [1.807, 2.05) is 5.43 Å². The monoisotopic (exact) mass is 476 g/mol. The molecule has 178 valence electrons. The average Bonchev–Trinajstić information content (AvgIpc) is 2.90. The molecule has 0 aliphatic rings. The Hall–Kier alpha value is -4.99. The number of hydrogen-bond acceptors (Lipinski definition) is 7. The van der Waals surface area contributed by atoms with Crippen LogP contribution in [0.25, 0.3) is 0 Å². The number of carboxylic acids is 1. The predicted octanol–water partition coefficient (Wildman–Crippen LogP) is 1.98.